The molecule has 8 heteroatoms. The summed E-state index contributed by atoms with van der Waals surface area (Å²) < 4.78 is 25.6. The van der Waals surface area contributed by atoms with E-state index < -0.39 is 5.82 Å². The Balaban J connectivity index is 1.36. The van der Waals surface area contributed by atoms with E-state index in [1.165, 1.54) is 34.9 Å². The zero-order chi connectivity index (χ0) is 25.2. The van der Waals surface area contributed by atoms with Gasteiger partial charge in [0.15, 0.2) is 15.8 Å². The van der Waals surface area contributed by atoms with Gasteiger partial charge in [0.05, 0.1) is 22.7 Å². The molecule has 5 rings (SSSR count). The van der Waals surface area contributed by atoms with E-state index in [-0.39, 0.29) is 10.9 Å². The van der Waals surface area contributed by atoms with Crippen LogP contribution in [0.15, 0.2) is 83.8 Å². The Kier molecular flexibility index (Phi) is 6.96. The average molecular weight is 536 g/mol. The highest BCUT2D eigenvalue weighted by atomic mass is 35.5. The van der Waals surface area contributed by atoms with Crippen LogP contribution in [0, 0.1) is 5.82 Å². The number of thioether (sulfide) groups is 1. The van der Waals surface area contributed by atoms with Crippen LogP contribution in [-0.2, 0) is 11.4 Å². The first kappa shape index (κ1) is 24.3. The number of anilines is 1. The molecule has 0 saturated carbocycles. The van der Waals surface area contributed by atoms with Crippen LogP contribution < -0.4 is 14.4 Å². The van der Waals surface area contributed by atoms with E-state index in [1.54, 1.807) is 19.3 Å². The van der Waals surface area contributed by atoms with Gasteiger partial charge in [-0.1, -0.05) is 84.1 Å². The molecule has 0 spiro atoms. The van der Waals surface area contributed by atoms with Crippen LogP contribution in [0.2, 0.25) is 5.02 Å². The Bertz CT molecular complexity index is 1530. The standard InChI is InChI=1S/C28H19ClFNO3S2/c1-33-25-13-17(9-12-24(25)34-16-19-7-4-6-18-5-2-3-8-21(18)19)14-26-27(32)31(28(35)36-26)20-10-11-23(30)22(29)15-20/h2-15H,16H2,1H3/b26-14+. The van der Waals surface area contributed by atoms with Crippen LogP contribution >= 0.6 is 35.6 Å². The zero-order valence-corrected chi connectivity index (χ0v) is 21.4. The topological polar surface area (TPSA) is 38.8 Å². The molecule has 0 radical (unpaired) electrons. The van der Waals surface area contributed by atoms with E-state index in [0.29, 0.717) is 33.0 Å². The van der Waals surface area contributed by atoms with Crippen molar-refractivity contribution >= 4 is 68.3 Å². The number of fused-ring (bicyclic) bond motifs is 1. The van der Waals surface area contributed by atoms with Crippen molar-refractivity contribution in [2.75, 3.05) is 12.0 Å². The highest BCUT2D eigenvalue weighted by Gasteiger charge is 2.33. The van der Waals surface area contributed by atoms with Crippen LogP contribution in [0.1, 0.15) is 11.1 Å². The number of halogens is 2. The second-order valence-electron chi connectivity index (χ2n) is 7.95. The summed E-state index contributed by atoms with van der Waals surface area (Å²) >= 11 is 12.5. The molecule has 0 unspecified atom stereocenters. The number of nitrogens with zero attached hydrogens (tertiary/aromatic N) is 1. The van der Waals surface area contributed by atoms with E-state index >= 15 is 0 Å². The van der Waals surface area contributed by atoms with Gasteiger partial charge in [-0.3, -0.25) is 9.69 Å². The zero-order valence-electron chi connectivity index (χ0n) is 19.0. The molecule has 180 valence electrons. The maximum Gasteiger partial charge on any atom is 0.270 e. The Labute approximate surface area is 222 Å². The van der Waals surface area contributed by atoms with Crippen molar-refractivity contribution in [2.45, 2.75) is 6.61 Å². The second-order valence-corrected chi connectivity index (χ2v) is 10.0. The van der Waals surface area contributed by atoms with Gasteiger partial charge >= 0.3 is 0 Å². The number of hydrogen-bond donors (Lipinski definition) is 0. The van der Waals surface area contributed by atoms with Gasteiger partial charge in [-0.25, -0.2) is 4.39 Å². The molecule has 1 aliphatic rings. The Morgan fingerprint density at radius 1 is 1.03 bits per heavy atom. The lowest BCUT2D eigenvalue weighted by Gasteiger charge is -2.15. The third-order valence-corrected chi connectivity index (χ3v) is 7.30. The number of carbonyl (C=O) groups excluding carboxylic acids is 1. The normalized spacial score (nSPS) is 14.6. The van der Waals surface area contributed by atoms with Crippen LogP contribution in [0.5, 0.6) is 11.5 Å². The Hall–Kier alpha value is -3.39. The number of methoxy groups -OCH3 is 1. The summed E-state index contributed by atoms with van der Waals surface area (Å²) in [5.41, 5.74) is 2.24. The fourth-order valence-electron chi connectivity index (χ4n) is 3.93. The lowest BCUT2D eigenvalue weighted by molar-refractivity contribution is -0.113. The largest absolute Gasteiger partial charge is 0.493 e. The minimum absolute atomic E-state index is 0.0747. The third kappa shape index (κ3) is 4.82. The molecule has 4 nitrogen and oxygen atoms in total. The highest BCUT2D eigenvalue weighted by molar-refractivity contribution is 8.27. The molecule has 4 aromatic carbocycles. The first-order chi connectivity index (χ1) is 17.4. The summed E-state index contributed by atoms with van der Waals surface area (Å²) in [5.74, 6) is 0.278. The van der Waals surface area contributed by atoms with Crippen molar-refractivity contribution in [3.8, 4) is 11.5 Å². The molecule has 36 heavy (non-hydrogen) atoms. The van der Waals surface area contributed by atoms with Crippen molar-refractivity contribution in [1.82, 2.24) is 0 Å². The van der Waals surface area contributed by atoms with E-state index in [4.69, 9.17) is 33.3 Å². The van der Waals surface area contributed by atoms with E-state index in [9.17, 15) is 9.18 Å². The second kappa shape index (κ2) is 10.3. The fourth-order valence-corrected chi connectivity index (χ4v) is 5.41. The van der Waals surface area contributed by atoms with Gasteiger partial charge < -0.3 is 9.47 Å². The number of carbonyl (C=O) groups is 1. The van der Waals surface area contributed by atoms with Crippen molar-refractivity contribution in [1.29, 1.82) is 0 Å². The Morgan fingerprint density at radius 3 is 2.64 bits per heavy atom. The number of hydrogen-bond acceptors (Lipinski definition) is 5. The summed E-state index contributed by atoms with van der Waals surface area (Å²) in [6, 6.07) is 23.8. The smallest absolute Gasteiger partial charge is 0.270 e. The predicted octanol–water partition coefficient (Wildman–Crippen LogP) is 7.63. The third-order valence-electron chi connectivity index (χ3n) is 5.70. The molecule has 1 fully saturated rings. The maximum atomic E-state index is 13.6. The minimum Gasteiger partial charge on any atom is -0.493 e. The van der Waals surface area contributed by atoms with Crippen molar-refractivity contribution < 1.29 is 18.7 Å². The minimum atomic E-state index is -0.559. The summed E-state index contributed by atoms with van der Waals surface area (Å²) in [5, 5.41) is 2.22. The summed E-state index contributed by atoms with van der Waals surface area (Å²) in [6.45, 7) is 0.385. The molecule has 1 saturated heterocycles. The number of benzene rings is 4. The molecule has 0 bridgehead atoms. The summed E-state index contributed by atoms with van der Waals surface area (Å²) in [7, 11) is 1.57. The van der Waals surface area contributed by atoms with Gasteiger partial charge in [-0.15, -0.1) is 0 Å². The first-order valence-electron chi connectivity index (χ1n) is 10.9. The van der Waals surface area contributed by atoms with Crippen LogP contribution in [0.4, 0.5) is 10.1 Å². The molecule has 1 aliphatic heterocycles. The van der Waals surface area contributed by atoms with Crippen molar-refractivity contribution in [3.63, 3.8) is 0 Å². The molecular weight excluding hydrogens is 517 g/mol. The van der Waals surface area contributed by atoms with E-state index in [1.807, 2.05) is 36.4 Å². The SMILES string of the molecule is COc1cc(/C=C2/SC(=S)N(c3ccc(F)c(Cl)c3)C2=O)ccc1OCc1cccc2ccccc12. The van der Waals surface area contributed by atoms with Crippen LogP contribution in [0.25, 0.3) is 16.8 Å². The Morgan fingerprint density at radius 2 is 1.83 bits per heavy atom. The highest BCUT2D eigenvalue weighted by Crippen LogP contribution is 2.38. The van der Waals surface area contributed by atoms with Gasteiger partial charge in [0, 0.05) is 0 Å². The average Bonchev–Trinajstić information content (AvgIpc) is 3.17. The predicted molar refractivity (Wildman–Crippen MR) is 148 cm³/mol. The van der Waals surface area contributed by atoms with Crippen molar-refractivity contribution in [2.24, 2.45) is 0 Å². The number of thiocarbonyl (C=S) groups is 1. The molecule has 4 aromatic rings. The molecule has 1 heterocycles. The monoisotopic (exact) mass is 535 g/mol. The number of rotatable bonds is 6. The van der Waals surface area contributed by atoms with E-state index in [2.05, 4.69) is 18.2 Å². The maximum absolute atomic E-state index is 13.6. The van der Waals surface area contributed by atoms with E-state index in [0.717, 1.165) is 21.9 Å². The molecule has 0 atom stereocenters. The molecule has 1 amide bonds. The molecular formula is C28H19ClFNO3S2. The number of ether oxygens (including phenoxy) is 2. The molecule has 0 aromatic heterocycles. The van der Waals surface area contributed by atoms with Gasteiger partial charge in [0.25, 0.3) is 5.91 Å². The summed E-state index contributed by atoms with van der Waals surface area (Å²) in [6.07, 6.45) is 1.74. The van der Waals surface area contributed by atoms with Gasteiger partial charge in [0.2, 0.25) is 0 Å². The van der Waals surface area contributed by atoms with Gasteiger partial charge in [-0.05, 0) is 58.3 Å². The number of amides is 1. The van der Waals surface area contributed by atoms with Gasteiger partial charge in [-0.2, -0.15) is 0 Å². The lowest BCUT2D eigenvalue weighted by atomic mass is 10.1. The fraction of sp³-hybridized carbons (Fsp3) is 0.0714. The van der Waals surface area contributed by atoms with Crippen LogP contribution in [-0.4, -0.2) is 17.3 Å². The van der Waals surface area contributed by atoms with Crippen molar-refractivity contribution in [3.05, 3.63) is 106 Å². The quantitative estimate of drug-likeness (QED) is 0.187. The first-order valence-corrected chi connectivity index (χ1v) is 12.6. The van der Waals surface area contributed by atoms with Crippen LogP contribution in [0.3, 0.4) is 0 Å². The summed E-state index contributed by atoms with van der Waals surface area (Å²) in [4.78, 5) is 14.8. The lowest BCUT2D eigenvalue weighted by Crippen LogP contribution is -2.27. The van der Waals surface area contributed by atoms with Gasteiger partial charge in [0.1, 0.15) is 12.4 Å². The molecule has 0 aliphatic carbocycles. The molecule has 0 N–H and O–H groups in total.